The first kappa shape index (κ1) is 25.9. The Hall–Kier alpha value is -3.70. The van der Waals surface area contributed by atoms with Gasteiger partial charge in [0.1, 0.15) is 11.7 Å². The third-order valence-electron chi connectivity index (χ3n) is 7.45. The highest BCUT2D eigenvalue weighted by atomic mass is 35.5. The summed E-state index contributed by atoms with van der Waals surface area (Å²) < 4.78 is 11.1. The van der Waals surface area contributed by atoms with E-state index in [-0.39, 0.29) is 24.3 Å². The van der Waals surface area contributed by atoms with E-state index in [0.717, 1.165) is 28.1 Å². The number of rotatable bonds is 7. The molecule has 0 spiro atoms. The molecular weight excluding hydrogens is 498 g/mol. The molecule has 3 aromatic rings. The molecule has 5 nitrogen and oxygen atoms in total. The highest BCUT2D eigenvalue weighted by molar-refractivity contribution is 6.31. The number of esters is 1. The lowest BCUT2D eigenvalue weighted by atomic mass is 9.69. The van der Waals surface area contributed by atoms with Crippen LogP contribution in [-0.4, -0.2) is 31.2 Å². The highest BCUT2D eigenvalue weighted by Gasteiger charge is 2.45. The summed E-state index contributed by atoms with van der Waals surface area (Å²) in [4.78, 5) is 32.1. The highest BCUT2D eigenvalue weighted by Crippen LogP contribution is 2.48. The standard InChI is InChI=1S/C32H30ClNO4/c1-20-29(32(36)38-17-16-21-8-4-3-5-9-21)30(25-10-6-7-11-26(25)33)31-27(34-20)18-23(19-28(31)35)22-12-14-24(37-2)15-13-22/h3-15,23,29-30H,16-19H2,1-2H3/t23-,29?,30+/m1/s1. The summed E-state index contributed by atoms with van der Waals surface area (Å²) in [6.45, 7) is 2.10. The monoisotopic (exact) mass is 527 g/mol. The van der Waals surface area contributed by atoms with Gasteiger partial charge in [0, 0.05) is 40.8 Å². The van der Waals surface area contributed by atoms with E-state index in [2.05, 4.69) is 0 Å². The summed E-state index contributed by atoms with van der Waals surface area (Å²) in [5.74, 6) is -0.866. The summed E-state index contributed by atoms with van der Waals surface area (Å²) in [5, 5.41) is 0.520. The van der Waals surface area contributed by atoms with Gasteiger partial charge < -0.3 is 9.47 Å². The van der Waals surface area contributed by atoms with Crippen LogP contribution in [0.2, 0.25) is 5.02 Å². The topological polar surface area (TPSA) is 65.0 Å². The molecule has 0 saturated carbocycles. The normalized spacial score (nSPS) is 21.0. The van der Waals surface area contributed by atoms with Gasteiger partial charge in [-0.15, -0.1) is 0 Å². The molecule has 1 aliphatic carbocycles. The van der Waals surface area contributed by atoms with Gasteiger partial charge in [-0.1, -0.05) is 72.3 Å². The molecule has 3 aromatic carbocycles. The molecule has 194 valence electrons. The minimum absolute atomic E-state index is 0.00433. The Kier molecular flexibility index (Phi) is 7.75. The zero-order valence-electron chi connectivity index (χ0n) is 21.5. The number of ether oxygens (including phenoxy) is 2. The molecule has 0 amide bonds. The molecule has 2 aliphatic rings. The molecule has 0 N–H and O–H groups in total. The van der Waals surface area contributed by atoms with Gasteiger partial charge >= 0.3 is 5.97 Å². The first-order chi connectivity index (χ1) is 18.5. The van der Waals surface area contributed by atoms with Crippen molar-refractivity contribution >= 4 is 29.1 Å². The quantitative estimate of drug-likeness (QED) is 0.320. The summed E-state index contributed by atoms with van der Waals surface area (Å²) >= 11 is 6.65. The van der Waals surface area contributed by atoms with Crippen molar-refractivity contribution in [1.29, 1.82) is 0 Å². The van der Waals surface area contributed by atoms with Crippen molar-refractivity contribution in [3.63, 3.8) is 0 Å². The fourth-order valence-electron chi connectivity index (χ4n) is 5.54. The van der Waals surface area contributed by atoms with Crippen molar-refractivity contribution in [2.45, 2.75) is 38.0 Å². The molecule has 1 unspecified atom stereocenters. The molecule has 5 rings (SSSR count). The van der Waals surface area contributed by atoms with E-state index in [4.69, 9.17) is 26.1 Å². The summed E-state index contributed by atoms with van der Waals surface area (Å²) in [5.41, 5.74) is 4.86. The van der Waals surface area contributed by atoms with Crippen LogP contribution in [0.25, 0.3) is 0 Å². The largest absolute Gasteiger partial charge is 0.497 e. The van der Waals surface area contributed by atoms with Crippen molar-refractivity contribution in [1.82, 2.24) is 0 Å². The number of Topliss-reactive ketones (excluding diaryl/α,β-unsaturated/α-hetero) is 1. The fourth-order valence-corrected chi connectivity index (χ4v) is 5.80. The van der Waals surface area contributed by atoms with Crippen LogP contribution in [0.15, 0.2) is 95.1 Å². The lowest BCUT2D eigenvalue weighted by molar-refractivity contribution is -0.146. The van der Waals surface area contributed by atoms with E-state index in [9.17, 15) is 9.59 Å². The molecular formula is C32H30ClNO4. The van der Waals surface area contributed by atoms with Crippen molar-refractivity contribution in [2.24, 2.45) is 10.9 Å². The summed E-state index contributed by atoms with van der Waals surface area (Å²) in [6, 6.07) is 25.1. The van der Waals surface area contributed by atoms with E-state index >= 15 is 0 Å². The molecule has 1 heterocycles. The lowest BCUT2D eigenvalue weighted by Gasteiger charge is -2.36. The van der Waals surface area contributed by atoms with Crippen LogP contribution < -0.4 is 4.74 Å². The molecule has 6 heteroatoms. The number of carbonyl (C=O) groups is 2. The number of benzene rings is 3. The van der Waals surface area contributed by atoms with Crippen molar-refractivity contribution in [3.05, 3.63) is 112 Å². The van der Waals surface area contributed by atoms with E-state index in [0.29, 0.717) is 35.6 Å². The number of aliphatic imine (C=N–C) groups is 1. The van der Waals surface area contributed by atoms with Crippen LogP contribution >= 0.6 is 11.6 Å². The van der Waals surface area contributed by atoms with Gasteiger partial charge in [0.25, 0.3) is 0 Å². The minimum Gasteiger partial charge on any atom is -0.497 e. The number of hydrogen-bond acceptors (Lipinski definition) is 5. The van der Waals surface area contributed by atoms with Crippen LogP contribution in [-0.2, 0) is 20.7 Å². The average molecular weight is 528 g/mol. The Morgan fingerprint density at radius 3 is 2.39 bits per heavy atom. The maximum absolute atomic E-state index is 13.8. The van der Waals surface area contributed by atoms with Gasteiger partial charge in [0.15, 0.2) is 5.78 Å². The van der Waals surface area contributed by atoms with Crippen LogP contribution in [0.4, 0.5) is 0 Å². The average Bonchev–Trinajstić information content (AvgIpc) is 2.93. The Balaban J connectivity index is 1.46. The molecule has 0 bridgehead atoms. The number of methoxy groups -OCH3 is 1. The summed E-state index contributed by atoms with van der Waals surface area (Å²) in [6.07, 6.45) is 1.57. The van der Waals surface area contributed by atoms with E-state index in [1.54, 1.807) is 13.2 Å². The number of hydrogen-bond donors (Lipinski definition) is 0. The second kappa shape index (κ2) is 11.4. The van der Waals surface area contributed by atoms with E-state index < -0.39 is 11.8 Å². The van der Waals surface area contributed by atoms with Crippen LogP contribution in [0.5, 0.6) is 5.75 Å². The van der Waals surface area contributed by atoms with Gasteiger partial charge in [-0.05, 0) is 54.2 Å². The Bertz CT molecular complexity index is 1390. The second-order valence-corrected chi connectivity index (χ2v) is 10.2. The van der Waals surface area contributed by atoms with Gasteiger partial charge in [0.05, 0.1) is 13.7 Å². The maximum Gasteiger partial charge on any atom is 0.315 e. The fraction of sp³-hybridized carbons (Fsp3) is 0.281. The lowest BCUT2D eigenvalue weighted by Crippen LogP contribution is -2.38. The number of halogens is 1. The third kappa shape index (κ3) is 5.30. The zero-order chi connectivity index (χ0) is 26.6. The van der Waals surface area contributed by atoms with Crippen molar-refractivity contribution in [3.8, 4) is 5.75 Å². The molecule has 3 atom stereocenters. The van der Waals surface area contributed by atoms with Crippen LogP contribution in [0.3, 0.4) is 0 Å². The third-order valence-corrected chi connectivity index (χ3v) is 7.79. The maximum atomic E-state index is 13.8. The van der Waals surface area contributed by atoms with E-state index in [1.165, 1.54) is 0 Å². The Morgan fingerprint density at radius 2 is 1.68 bits per heavy atom. The number of carbonyl (C=O) groups excluding carboxylic acids is 2. The molecule has 0 fully saturated rings. The predicted molar refractivity (Wildman–Crippen MR) is 149 cm³/mol. The van der Waals surface area contributed by atoms with Crippen LogP contribution in [0.1, 0.15) is 48.3 Å². The summed E-state index contributed by atoms with van der Waals surface area (Å²) in [7, 11) is 1.63. The zero-order valence-corrected chi connectivity index (χ0v) is 22.3. The van der Waals surface area contributed by atoms with Crippen LogP contribution in [0, 0.1) is 5.92 Å². The van der Waals surface area contributed by atoms with E-state index in [1.807, 2.05) is 79.7 Å². The molecule has 1 aliphatic heterocycles. The Labute approximate surface area is 228 Å². The van der Waals surface area contributed by atoms with Crippen molar-refractivity contribution in [2.75, 3.05) is 13.7 Å². The van der Waals surface area contributed by atoms with Gasteiger partial charge in [-0.3, -0.25) is 14.6 Å². The minimum atomic E-state index is -0.717. The van der Waals surface area contributed by atoms with Gasteiger partial charge in [-0.2, -0.15) is 0 Å². The predicted octanol–water partition coefficient (Wildman–Crippen LogP) is 6.71. The number of ketones is 1. The molecule has 0 saturated heterocycles. The SMILES string of the molecule is COc1ccc([C@H]2CC(=O)C3=C(C2)N=C(C)C(C(=O)OCCc2ccccc2)[C@@H]3c2ccccc2Cl)cc1. The molecule has 38 heavy (non-hydrogen) atoms. The Morgan fingerprint density at radius 1 is 0.974 bits per heavy atom. The molecule has 0 radical (unpaired) electrons. The second-order valence-electron chi connectivity index (χ2n) is 9.80. The number of allylic oxidation sites excluding steroid dienone is 2. The first-order valence-corrected chi connectivity index (χ1v) is 13.2. The molecule has 0 aromatic heterocycles. The first-order valence-electron chi connectivity index (χ1n) is 12.9. The van der Waals surface area contributed by atoms with Crippen molar-refractivity contribution < 1.29 is 19.1 Å². The number of nitrogens with zero attached hydrogens (tertiary/aromatic N) is 1. The van der Waals surface area contributed by atoms with Gasteiger partial charge in [0.2, 0.25) is 0 Å². The van der Waals surface area contributed by atoms with Gasteiger partial charge in [-0.25, -0.2) is 0 Å². The smallest absolute Gasteiger partial charge is 0.315 e.